The van der Waals surface area contributed by atoms with Gasteiger partial charge in [0.25, 0.3) is 0 Å². The summed E-state index contributed by atoms with van der Waals surface area (Å²) < 4.78 is 43.0. The highest BCUT2D eigenvalue weighted by atomic mass is 19.4. The van der Waals surface area contributed by atoms with Crippen LogP contribution in [-0.4, -0.2) is 47.4 Å². The van der Waals surface area contributed by atoms with Crippen LogP contribution in [-0.2, 0) is 14.3 Å². The summed E-state index contributed by atoms with van der Waals surface area (Å²) in [5.74, 6) is -5.54. The van der Waals surface area contributed by atoms with E-state index in [2.05, 4.69) is 0 Å². The van der Waals surface area contributed by atoms with Gasteiger partial charge in [0.05, 0.1) is 5.92 Å². The van der Waals surface area contributed by atoms with Crippen molar-refractivity contribution in [1.29, 1.82) is 0 Å². The molecule has 1 saturated heterocycles. The van der Waals surface area contributed by atoms with Crippen molar-refractivity contribution in [3.63, 3.8) is 0 Å². The average molecular weight is 321 g/mol. The summed E-state index contributed by atoms with van der Waals surface area (Å²) in [4.78, 5) is 36.4. The first-order valence-electron chi connectivity index (χ1n) is 7.02. The first-order valence-corrected chi connectivity index (χ1v) is 7.02. The Bertz CT molecular complexity index is 509. The van der Waals surface area contributed by atoms with Gasteiger partial charge in [-0.2, -0.15) is 13.2 Å². The van der Waals surface area contributed by atoms with Crippen molar-refractivity contribution < 1.29 is 32.3 Å². The van der Waals surface area contributed by atoms with Gasteiger partial charge in [0.15, 0.2) is 0 Å². The Hall–Kier alpha value is -1.60. The molecule has 124 valence electrons. The number of rotatable bonds is 1. The van der Waals surface area contributed by atoms with E-state index in [0.29, 0.717) is 0 Å². The quantitative estimate of drug-likeness (QED) is 0.695. The van der Waals surface area contributed by atoms with Crippen LogP contribution in [0.15, 0.2) is 0 Å². The summed E-state index contributed by atoms with van der Waals surface area (Å²) in [7, 11) is 0. The van der Waals surface area contributed by atoms with Crippen molar-refractivity contribution in [1.82, 2.24) is 4.90 Å². The molecule has 0 aromatic heterocycles. The van der Waals surface area contributed by atoms with Gasteiger partial charge in [-0.3, -0.25) is 9.59 Å². The molecule has 8 heteroatoms. The fourth-order valence-corrected chi connectivity index (χ4v) is 3.11. The summed E-state index contributed by atoms with van der Waals surface area (Å²) in [6.45, 7) is 5.13. The number of amides is 1. The summed E-state index contributed by atoms with van der Waals surface area (Å²) in [6, 6.07) is 0. The molecule has 2 rings (SSSR count). The van der Waals surface area contributed by atoms with E-state index in [1.165, 1.54) is 4.90 Å². The molecule has 22 heavy (non-hydrogen) atoms. The maximum Gasteiger partial charge on any atom is 0.450 e. The van der Waals surface area contributed by atoms with E-state index >= 15 is 0 Å². The second kappa shape index (κ2) is 5.24. The van der Waals surface area contributed by atoms with E-state index in [1.807, 2.05) is 0 Å². The number of nitrogens with zero attached hydrogens (tertiary/aromatic N) is 1. The molecule has 0 spiro atoms. The topological polar surface area (TPSA) is 63.7 Å². The maximum absolute atomic E-state index is 12.6. The molecule has 1 saturated carbocycles. The number of likely N-dealkylation sites (tertiary alicyclic amines) is 1. The van der Waals surface area contributed by atoms with E-state index < -0.39 is 47.2 Å². The third-order valence-electron chi connectivity index (χ3n) is 3.94. The van der Waals surface area contributed by atoms with E-state index in [1.54, 1.807) is 20.8 Å². The second-order valence-electron chi connectivity index (χ2n) is 6.82. The van der Waals surface area contributed by atoms with Gasteiger partial charge in [-0.25, -0.2) is 4.79 Å². The first-order chi connectivity index (χ1) is 9.90. The lowest BCUT2D eigenvalue weighted by Crippen LogP contribution is -2.40. The summed E-state index contributed by atoms with van der Waals surface area (Å²) >= 11 is 0. The number of ether oxygens (including phenoxy) is 1. The molecule has 2 aliphatic rings. The van der Waals surface area contributed by atoms with Gasteiger partial charge >= 0.3 is 12.3 Å². The van der Waals surface area contributed by atoms with Crippen LogP contribution >= 0.6 is 0 Å². The Balaban J connectivity index is 2.10. The van der Waals surface area contributed by atoms with Crippen molar-refractivity contribution in [2.45, 2.75) is 39.0 Å². The molecule has 1 aliphatic heterocycles. The SMILES string of the molecule is CC(C)(C)OC(=O)N1CC2CC(=O)C(C(=O)C(F)(F)F)C2C1. The highest BCUT2D eigenvalue weighted by molar-refractivity contribution is 6.06. The van der Waals surface area contributed by atoms with Gasteiger partial charge in [-0.1, -0.05) is 0 Å². The summed E-state index contributed by atoms with van der Waals surface area (Å²) in [6.07, 6.45) is -5.77. The van der Waals surface area contributed by atoms with Crippen molar-refractivity contribution >= 4 is 17.7 Å². The average Bonchev–Trinajstić information content (AvgIpc) is 2.80. The molecule has 1 amide bonds. The predicted molar refractivity (Wildman–Crippen MR) is 69.0 cm³/mol. The molecule has 0 N–H and O–H groups in total. The Morgan fingerprint density at radius 1 is 1.18 bits per heavy atom. The van der Waals surface area contributed by atoms with Crippen LogP contribution in [0.4, 0.5) is 18.0 Å². The van der Waals surface area contributed by atoms with Crippen LogP contribution in [0, 0.1) is 17.8 Å². The predicted octanol–water partition coefficient (Wildman–Crippen LogP) is 2.19. The van der Waals surface area contributed by atoms with Crippen LogP contribution in [0.25, 0.3) is 0 Å². The van der Waals surface area contributed by atoms with Gasteiger partial charge in [-0.05, 0) is 32.6 Å². The molecule has 3 atom stereocenters. The van der Waals surface area contributed by atoms with Crippen LogP contribution in [0.2, 0.25) is 0 Å². The zero-order valence-corrected chi connectivity index (χ0v) is 12.6. The van der Waals surface area contributed by atoms with E-state index in [9.17, 15) is 27.6 Å². The van der Waals surface area contributed by atoms with Gasteiger partial charge in [0.2, 0.25) is 5.78 Å². The highest BCUT2D eigenvalue weighted by Gasteiger charge is 2.57. The molecular weight excluding hydrogens is 303 g/mol. The zero-order valence-electron chi connectivity index (χ0n) is 12.6. The fourth-order valence-electron chi connectivity index (χ4n) is 3.11. The molecule has 3 unspecified atom stereocenters. The highest BCUT2D eigenvalue weighted by Crippen LogP contribution is 2.43. The molecule has 1 aliphatic carbocycles. The lowest BCUT2D eigenvalue weighted by Gasteiger charge is -2.25. The molecule has 2 fully saturated rings. The maximum atomic E-state index is 12.6. The smallest absolute Gasteiger partial charge is 0.444 e. The number of hydrogen-bond donors (Lipinski definition) is 0. The Morgan fingerprint density at radius 2 is 1.77 bits per heavy atom. The standard InChI is InChI=1S/C14H18F3NO4/c1-13(2,3)22-12(21)18-5-7-4-9(19)10(8(7)6-18)11(20)14(15,16)17/h7-8,10H,4-6H2,1-3H3. The minimum Gasteiger partial charge on any atom is -0.444 e. The van der Waals surface area contributed by atoms with Crippen molar-refractivity contribution in [2.24, 2.45) is 17.8 Å². The number of alkyl halides is 3. The van der Waals surface area contributed by atoms with Crippen molar-refractivity contribution in [3.05, 3.63) is 0 Å². The number of ketones is 2. The Labute approximate surface area is 125 Å². The normalized spacial score (nSPS) is 28.7. The molecule has 0 aromatic carbocycles. The van der Waals surface area contributed by atoms with Crippen molar-refractivity contribution in [2.75, 3.05) is 13.1 Å². The number of Topliss-reactive ketones (excluding diaryl/α,β-unsaturated/α-hetero) is 2. The number of carbonyl (C=O) groups is 3. The van der Waals surface area contributed by atoms with Gasteiger partial charge in [0.1, 0.15) is 11.4 Å². The zero-order chi connectivity index (χ0) is 16.9. The van der Waals surface area contributed by atoms with E-state index in [4.69, 9.17) is 4.74 Å². The fraction of sp³-hybridized carbons (Fsp3) is 0.786. The lowest BCUT2D eigenvalue weighted by atomic mass is 9.88. The van der Waals surface area contributed by atoms with Gasteiger partial charge in [-0.15, -0.1) is 0 Å². The lowest BCUT2D eigenvalue weighted by molar-refractivity contribution is -0.177. The molecule has 0 aromatic rings. The summed E-state index contributed by atoms with van der Waals surface area (Å²) in [5, 5.41) is 0. The molecular formula is C14H18F3NO4. The first kappa shape index (κ1) is 16.8. The van der Waals surface area contributed by atoms with E-state index in [-0.39, 0.29) is 19.5 Å². The second-order valence-corrected chi connectivity index (χ2v) is 6.82. The van der Waals surface area contributed by atoms with Gasteiger partial charge in [0, 0.05) is 19.5 Å². The van der Waals surface area contributed by atoms with Crippen molar-refractivity contribution in [3.8, 4) is 0 Å². The molecule has 0 bridgehead atoms. The largest absolute Gasteiger partial charge is 0.450 e. The third-order valence-corrected chi connectivity index (χ3v) is 3.94. The number of halogens is 3. The Morgan fingerprint density at radius 3 is 2.27 bits per heavy atom. The molecule has 1 heterocycles. The van der Waals surface area contributed by atoms with Crippen LogP contribution in [0.5, 0.6) is 0 Å². The Kier molecular flexibility index (Phi) is 3.99. The summed E-state index contributed by atoms with van der Waals surface area (Å²) in [5.41, 5.74) is -0.716. The monoisotopic (exact) mass is 321 g/mol. The molecule has 0 radical (unpaired) electrons. The third kappa shape index (κ3) is 3.25. The number of carbonyl (C=O) groups excluding carboxylic acids is 3. The van der Waals surface area contributed by atoms with Crippen LogP contribution < -0.4 is 0 Å². The number of hydrogen-bond acceptors (Lipinski definition) is 4. The molecule has 5 nitrogen and oxygen atoms in total. The van der Waals surface area contributed by atoms with Crippen LogP contribution in [0.1, 0.15) is 27.2 Å². The minimum absolute atomic E-state index is 0.0577. The van der Waals surface area contributed by atoms with Gasteiger partial charge < -0.3 is 9.64 Å². The van der Waals surface area contributed by atoms with Crippen LogP contribution in [0.3, 0.4) is 0 Å². The number of fused-ring (bicyclic) bond motifs is 1. The van der Waals surface area contributed by atoms with E-state index in [0.717, 1.165) is 0 Å². The minimum atomic E-state index is -5.03.